The van der Waals surface area contributed by atoms with Crippen molar-refractivity contribution in [3.05, 3.63) is 35.4 Å². The number of likely N-dealkylation sites (N-methyl/N-ethyl adjacent to an activating group) is 1. The topological polar surface area (TPSA) is 59.0 Å². The van der Waals surface area contributed by atoms with Crippen molar-refractivity contribution >= 4 is 16.7 Å². The number of carboxylic acid groups (broad SMARTS) is 1. The second-order valence-corrected chi connectivity index (χ2v) is 5.64. The Morgan fingerprint density at radius 1 is 1.21 bits per heavy atom. The number of rotatable bonds is 8. The van der Waals surface area contributed by atoms with Crippen LogP contribution >= 0.6 is 0 Å². The van der Waals surface area contributed by atoms with Gasteiger partial charge in [-0.25, -0.2) is 4.79 Å². The highest BCUT2D eigenvalue weighted by atomic mass is 16.5. The molecule has 0 spiro atoms. The number of nitrogens with zero attached hydrogens (tertiary/aromatic N) is 1. The van der Waals surface area contributed by atoms with E-state index in [4.69, 9.17) is 9.47 Å². The molecule has 0 amide bonds. The van der Waals surface area contributed by atoms with Crippen molar-refractivity contribution < 1.29 is 19.4 Å². The zero-order valence-corrected chi connectivity index (χ0v) is 14.8. The van der Waals surface area contributed by atoms with Gasteiger partial charge in [0.15, 0.2) is 0 Å². The third kappa shape index (κ3) is 3.79. The summed E-state index contributed by atoms with van der Waals surface area (Å²) < 4.78 is 11.1. The highest BCUT2D eigenvalue weighted by Gasteiger charge is 2.18. The van der Waals surface area contributed by atoms with E-state index in [0.717, 1.165) is 36.2 Å². The van der Waals surface area contributed by atoms with Crippen LogP contribution in [0.2, 0.25) is 0 Å². The summed E-state index contributed by atoms with van der Waals surface area (Å²) in [4.78, 5) is 13.9. The minimum atomic E-state index is -0.969. The average Bonchev–Trinajstić information content (AvgIpc) is 2.57. The van der Waals surface area contributed by atoms with Crippen LogP contribution in [-0.2, 0) is 0 Å². The van der Waals surface area contributed by atoms with Crippen LogP contribution in [0.3, 0.4) is 0 Å². The molecule has 1 N–H and O–H groups in total. The van der Waals surface area contributed by atoms with E-state index >= 15 is 0 Å². The number of aromatic carboxylic acids is 1. The van der Waals surface area contributed by atoms with E-state index in [9.17, 15) is 9.90 Å². The first kappa shape index (κ1) is 18.1. The first-order chi connectivity index (χ1) is 11.5. The Bertz CT molecular complexity index is 723. The lowest BCUT2D eigenvalue weighted by Crippen LogP contribution is -2.28. The van der Waals surface area contributed by atoms with Crippen molar-refractivity contribution in [2.45, 2.75) is 20.8 Å². The zero-order chi connectivity index (χ0) is 17.7. The van der Waals surface area contributed by atoms with Gasteiger partial charge in [-0.3, -0.25) is 0 Å². The number of ether oxygens (including phenoxy) is 2. The minimum absolute atomic E-state index is 0.229. The Balaban J connectivity index is 2.38. The van der Waals surface area contributed by atoms with Gasteiger partial charge in [-0.1, -0.05) is 19.9 Å². The Morgan fingerprint density at radius 3 is 2.50 bits per heavy atom. The molecule has 0 aliphatic carbocycles. The largest absolute Gasteiger partial charge is 0.497 e. The first-order valence-electron chi connectivity index (χ1n) is 8.21. The van der Waals surface area contributed by atoms with Crippen LogP contribution in [0, 0.1) is 6.92 Å². The predicted molar refractivity (Wildman–Crippen MR) is 95.5 cm³/mol. The van der Waals surface area contributed by atoms with Gasteiger partial charge in [0.1, 0.15) is 23.7 Å². The van der Waals surface area contributed by atoms with Crippen LogP contribution in [-0.4, -0.2) is 49.3 Å². The Kier molecular flexibility index (Phi) is 6.04. The van der Waals surface area contributed by atoms with E-state index < -0.39 is 5.97 Å². The lowest BCUT2D eigenvalue weighted by atomic mass is 9.98. The van der Waals surface area contributed by atoms with E-state index in [1.54, 1.807) is 13.2 Å². The van der Waals surface area contributed by atoms with Gasteiger partial charge in [0.2, 0.25) is 0 Å². The summed E-state index contributed by atoms with van der Waals surface area (Å²) in [5.41, 5.74) is 0.938. The molecule has 0 saturated carbocycles. The average molecular weight is 331 g/mol. The number of benzene rings is 2. The van der Waals surface area contributed by atoms with Crippen molar-refractivity contribution in [1.82, 2.24) is 4.90 Å². The number of carboxylic acids is 1. The van der Waals surface area contributed by atoms with Crippen LogP contribution in [0.5, 0.6) is 11.5 Å². The lowest BCUT2D eigenvalue weighted by molar-refractivity contribution is 0.0691. The van der Waals surface area contributed by atoms with Gasteiger partial charge in [0.25, 0.3) is 0 Å². The Hall–Kier alpha value is -2.27. The maximum Gasteiger partial charge on any atom is 0.339 e. The summed E-state index contributed by atoms with van der Waals surface area (Å²) in [7, 11) is 1.61. The maximum absolute atomic E-state index is 11.7. The summed E-state index contributed by atoms with van der Waals surface area (Å²) >= 11 is 0. The minimum Gasteiger partial charge on any atom is -0.497 e. The third-order valence-corrected chi connectivity index (χ3v) is 4.34. The molecule has 0 atom stereocenters. The summed E-state index contributed by atoms with van der Waals surface area (Å²) in [6, 6.07) is 7.40. The van der Waals surface area contributed by atoms with Crippen molar-refractivity contribution in [2.75, 3.05) is 33.4 Å². The molecule has 0 bridgehead atoms. The molecule has 0 aromatic heterocycles. The number of aryl methyl sites for hydroxylation is 1. The van der Waals surface area contributed by atoms with E-state index in [1.807, 2.05) is 25.1 Å². The molecule has 0 heterocycles. The van der Waals surface area contributed by atoms with Crippen molar-refractivity contribution in [3.63, 3.8) is 0 Å². The summed E-state index contributed by atoms with van der Waals surface area (Å²) in [5.74, 6) is 0.176. The van der Waals surface area contributed by atoms with E-state index in [0.29, 0.717) is 17.9 Å². The zero-order valence-electron chi connectivity index (χ0n) is 14.8. The Labute approximate surface area is 142 Å². The van der Waals surface area contributed by atoms with Gasteiger partial charge in [0, 0.05) is 6.54 Å². The number of hydrogen-bond donors (Lipinski definition) is 1. The van der Waals surface area contributed by atoms with Crippen molar-refractivity contribution in [2.24, 2.45) is 0 Å². The standard InChI is InChI=1S/C19H25NO4/c1-5-20(6-2)9-10-24-17-12-14-11-15(23-4)7-8-16(14)13(3)18(17)19(21)22/h7-8,11-12H,5-6,9-10H2,1-4H3,(H,21,22). The summed E-state index contributed by atoms with van der Waals surface area (Å²) in [6.07, 6.45) is 0. The first-order valence-corrected chi connectivity index (χ1v) is 8.21. The van der Waals surface area contributed by atoms with E-state index in [-0.39, 0.29) is 5.56 Å². The molecule has 0 aliphatic heterocycles. The van der Waals surface area contributed by atoms with Gasteiger partial charge in [-0.05, 0) is 54.5 Å². The SMILES string of the molecule is CCN(CC)CCOc1cc2cc(OC)ccc2c(C)c1C(=O)O. The molecule has 2 aromatic rings. The third-order valence-electron chi connectivity index (χ3n) is 4.34. The fourth-order valence-electron chi connectivity index (χ4n) is 2.87. The molecule has 130 valence electrons. The van der Waals surface area contributed by atoms with E-state index in [2.05, 4.69) is 18.7 Å². The maximum atomic E-state index is 11.7. The van der Waals surface area contributed by atoms with Crippen LogP contribution < -0.4 is 9.47 Å². The van der Waals surface area contributed by atoms with E-state index in [1.165, 1.54) is 0 Å². The quantitative estimate of drug-likeness (QED) is 0.801. The normalized spacial score (nSPS) is 11.0. The molecule has 0 saturated heterocycles. The van der Waals surface area contributed by atoms with Gasteiger partial charge >= 0.3 is 5.97 Å². The molecule has 5 nitrogen and oxygen atoms in total. The molecule has 0 aliphatic rings. The monoisotopic (exact) mass is 331 g/mol. The van der Waals surface area contributed by atoms with Crippen LogP contribution in [0.25, 0.3) is 10.8 Å². The molecule has 5 heteroatoms. The van der Waals surface area contributed by atoms with Gasteiger partial charge in [-0.15, -0.1) is 0 Å². The molecule has 0 radical (unpaired) electrons. The Morgan fingerprint density at radius 2 is 1.92 bits per heavy atom. The molecular formula is C19H25NO4. The number of carbonyl (C=O) groups is 1. The predicted octanol–water partition coefficient (Wildman–Crippen LogP) is 3.58. The highest BCUT2D eigenvalue weighted by molar-refractivity contribution is 6.01. The second-order valence-electron chi connectivity index (χ2n) is 5.64. The molecule has 24 heavy (non-hydrogen) atoms. The molecule has 0 unspecified atom stereocenters. The number of methoxy groups -OCH3 is 1. The fraction of sp³-hybridized carbons (Fsp3) is 0.421. The summed E-state index contributed by atoms with van der Waals surface area (Å²) in [5, 5.41) is 11.4. The van der Waals surface area contributed by atoms with Crippen molar-refractivity contribution in [1.29, 1.82) is 0 Å². The fourth-order valence-corrected chi connectivity index (χ4v) is 2.87. The second kappa shape index (κ2) is 8.02. The number of hydrogen-bond acceptors (Lipinski definition) is 4. The van der Waals surface area contributed by atoms with Gasteiger partial charge in [0.05, 0.1) is 7.11 Å². The lowest BCUT2D eigenvalue weighted by Gasteiger charge is -2.19. The molecular weight excluding hydrogens is 306 g/mol. The number of fused-ring (bicyclic) bond motifs is 1. The van der Waals surface area contributed by atoms with Gasteiger partial charge < -0.3 is 19.5 Å². The summed E-state index contributed by atoms with van der Waals surface area (Å²) in [6.45, 7) is 9.12. The van der Waals surface area contributed by atoms with Crippen LogP contribution in [0.4, 0.5) is 0 Å². The molecule has 2 rings (SSSR count). The van der Waals surface area contributed by atoms with Crippen LogP contribution in [0.15, 0.2) is 24.3 Å². The van der Waals surface area contributed by atoms with Crippen molar-refractivity contribution in [3.8, 4) is 11.5 Å². The highest BCUT2D eigenvalue weighted by Crippen LogP contribution is 2.32. The van der Waals surface area contributed by atoms with Gasteiger partial charge in [-0.2, -0.15) is 0 Å². The molecule has 0 fully saturated rings. The van der Waals surface area contributed by atoms with Crippen LogP contribution in [0.1, 0.15) is 29.8 Å². The molecule has 2 aromatic carbocycles. The smallest absolute Gasteiger partial charge is 0.339 e.